The number of pyridine rings is 1. The Morgan fingerprint density at radius 1 is 1.29 bits per heavy atom. The van der Waals surface area contributed by atoms with Crippen molar-refractivity contribution in [2.75, 3.05) is 11.4 Å². The number of hydrogen-bond acceptors (Lipinski definition) is 2. The van der Waals surface area contributed by atoms with Gasteiger partial charge < -0.3 is 4.90 Å². The van der Waals surface area contributed by atoms with Gasteiger partial charge in [0.05, 0.1) is 9.50 Å². The molecule has 2 aliphatic rings. The normalized spacial score (nSPS) is 28.2. The highest BCUT2D eigenvalue weighted by Gasteiger charge is 2.36. The van der Waals surface area contributed by atoms with Gasteiger partial charge >= 0.3 is 0 Å². The standard InChI is InChI=1S/C13H16BrClN2/c14-11-7-10(15)8-16-13(11)17-6-5-9-3-1-2-4-12(9)17/h7-9,12H,1-6H2. The SMILES string of the molecule is Clc1cnc(N2CCC3CCCCC32)c(Br)c1. The zero-order chi connectivity index (χ0) is 11.8. The minimum atomic E-state index is 0.694. The summed E-state index contributed by atoms with van der Waals surface area (Å²) in [5.74, 6) is 1.96. The van der Waals surface area contributed by atoms with Crippen LogP contribution in [0.4, 0.5) is 5.82 Å². The van der Waals surface area contributed by atoms with Gasteiger partial charge in [0.2, 0.25) is 0 Å². The van der Waals surface area contributed by atoms with Crippen molar-refractivity contribution >= 4 is 33.3 Å². The van der Waals surface area contributed by atoms with E-state index in [0.29, 0.717) is 11.1 Å². The lowest BCUT2D eigenvalue weighted by Gasteiger charge is -2.32. The molecule has 1 aliphatic carbocycles. The van der Waals surface area contributed by atoms with Crippen LogP contribution < -0.4 is 4.90 Å². The van der Waals surface area contributed by atoms with Crippen LogP contribution in [0.2, 0.25) is 5.02 Å². The summed E-state index contributed by atoms with van der Waals surface area (Å²) < 4.78 is 1.02. The Balaban J connectivity index is 1.88. The van der Waals surface area contributed by atoms with Gasteiger partial charge in [0.25, 0.3) is 0 Å². The van der Waals surface area contributed by atoms with E-state index in [1.165, 1.54) is 32.1 Å². The van der Waals surface area contributed by atoms with Gasteiger partial charge in [-0.1, -0.05) is 24.4 Å². The van der Waals surface area contributed by atoms with Gasteiger partial charge in [-0.2, -0.15) is 0 Å². The van der Waals surface area contributed by atoms with Crippen molar-refractivity contribution in [1.29, 1.82) is 0 Å². The molecule has 1 saturated heterocycles. The van der Waals surface area contributed by atoms with Gasteiger partial charge in [-0.25, -0.2) is 4.98 Å². The molecule has 2 heterocycles. The molecule has 0 bridgehead atoms. The Morgan fingerprint density at radius 3 is 2.94 bits per heavy atom. The summed E-state index contributed by atoms with van der Waals surface area (Å²) in [5, 5.41) is 0.694. The van der Waals surface area contributed by atoms with E-state index in [0.717, 1.165) is 22.8 Å². The lowest BCUT2D eigenvalue weighted by Crippen LogP contribution is -2.35. The third-order valence-electron chi connectivity index (χ3n) is 4.07. The zero-order valence-electron chi connectivity index (χ0n) is 9.70. The fourth-order valence-corrected chi connectivity index (χ4v) is 4.15. The van der Waals surface area contributed by atoms with Crippen molar-refractivity contribution in [1.82, 2.24) is 4.98 Å². The maximum absolute atomic E-state index is 5.95. The number of rotatable bonds is 1. The van der Waals surface area contributed by atoms with Crippen molar-refractivity contribution in [2.24, 2.45) is 5.92 Å². The van der Waals surface area contributed by atoms with E-state index in [9.17, 15) is 0 Å². The Bertz CT molecular complexity index is 424. The average Bonchev–Trinajstić information content (AvgIpc) is 2.73. The molecule has 92 valence electrons. The van der Waals surface area contributed by atoms with Crippen LogP contribution in [-0.2, 0) is 0 Å². The van der Waals surface area contributed by atoms with Crippen LogP contribution >= 0.6 is 27.5 Å². The molecule has 0 N–H and O–H groups in total. The smallest absolute Gasteiger partial charge is 0.143 e. The minimum absolute atomic E-state index is 0.694. The molecule has 2 unspecified atom stereocenters. The molecule has 0 amide bonds. The molecule has 2 nitrogen and oxygen atoms in total. The lowest BCUT2D eigenvalue weighted by molar-refractivity contribution is 0.341. The first-order chi connectivity index (χ1) is 8.25. The second-order valence-corrected chi connectivity index (χ2v) is 6.34. The molecule has 1 saturated carbocycles. The highest BCUT2D eigenvalue weighted by Crippen LogP contribution is 2.40. The van der Waals surface area contributed by atoms with Gasteiger partial charge in [0.15, 0.2) is 0 Å². The Kier molecular flexibility index (Phi) is 3.31. The number of nitrogens with zero attached hydrogens (tertiary/aromatic N) is 2. The molecule has 17 heavy (non-hydrogen) atoms. The van der Waals surface area contributed by atoms with E-state index in [1.54, 1.807) is 6.20 Å². The summed E-state index contributed by atoms with van der Waals surface area (Å²) in [6.45, 7) is 1.14. The molecule has 0 aromatic carbocycles. The van der Waals surface area contributed by atoms with Crippen LogP contribution in [0, 0.1) is 5.92 Å². The molecular weight excluding hydrogens is 300 g/mol. The van der Waals surface area contributed by atoms with Crippen LogP contribution in [0.5, 0.6) is 0 Å². The first-order valence-corrected chi connectivity index (χ1v) is 7.50. The minimum Gasteiger partial charge on any atom is -0.352 e. The second-order valence-electron chi connectivity index (χ2n) is 5.05. The van der Waals surface area contributed by atoms with Gasteiger partial charge in [0.1, 0.15) is 5.82 Å². The molecule has 0 radical (unpaired) electrons. The van der Waals surface area contributed by atoms with E-state index in [2.05, 4.69) is 25.8 Å². The maximum Gasteiger partial charge on any atom is 0.143 e. The monoisotopic (exact) mass is 314 g/mol. The Hall–Kier alpha value is -0.280. The van der Waals surface area contributed by atoms with Crippen molar-refractivity contribution in [3.63, 3.8) is 0 Å². The lowest BCUT2D eigenvalue weighted by atomic mass is 9.85. The molecule has 1 aliphatic heterocycles. The first kappa shape index (κ1) is 11.8. The predicted molar refractivity (Wildman–Crippen MR) is 74.7 cm³/mol. The highest BCUT2D eigenvalue weighted by molar-refractivity contribution is 9.10. The molecule has 4 heteroatoms. The third-order valence-corrected chi connectivity index (χ3v) is 4.86. The number of aromatic nitrogens is 1. The third kappa shape index (κ3) is 2.19. The van der Waals surface area contributed by atoms with Gasteiger partial charge in [-0.05, 0) is 47.2 Å². The number of hydrogen-bond donors (Lipinski definition) is 0. The summed E-state index contributed by atoms with van der Waals surface area (Å²) in [7, 11) is 0. The Labute approximate surface area is 115 Å². The van der Waals surface area contributed by atoms with Crippen molar-refractivity contribution in [2.45, 2.75) is 38.1 Å². The molecule has 0 spiro atoms. The van der Waals surface area contributed by atoms with Crippen molar-refractivity contribution in [3.05, 3.63) is 21.8 Å². The van der Waals surface area contributed by atoms with E-state index in [-0.39, 0.29) is 0 Å². The number of fused-ring (bicyclic) bond motifs is 1. The van der Waals surface area contributed by atoms with Crippen molar-refractivity contribution in [3.8, 4) is 0 Å². The van der Waals surface area contributed by atoms with Crippen LogP contribution in [0.1, 0.15) is 32.1 Å². The van der Waals surface area contributed by atoms with Gasteiger partial charge in [-0.3, -0.25) is 0 Å². The average molecular weight is 316 g/mol. The van der Waals surface area contributed by atoms with Crippen LogP contribution in [-0.4, -0.2) is 17.6 Å². The van der Waals surface area contributed by atoms with E-state index >= 15 is 0 Å². The van der Waals surface area contributed by atoms with Crippen LogP contribution in [0.3, 0.4) is 0 Å². The molecule has 1 aromatic rings. The summed E-state index contributed by atoms with van der Waals surface area (Å²) in [6, 6.07) is 2.65. The number of halogens is 2. The summed E-state index contributed by atoms with van der Waals surface area (Å²) in [5.41, 5.74) is 0. The molecule has 2 atom stereocenters. The van der Waals surface area contributed by atoms with Crippen LogP contribution in [0.25, 0.3) is 0 Å². The van der Waals surface area contributed by atoms with E-state index in [4.69, 9.17) is 11.6 Å². The fourth-order valence-electron chi connectivity index (χ4n) is 3.29. The maximum atomic E-state index is 5.95. The topological polar surface area (TPSA) is 16.1 Å². The quantitative estimate of drug-likeness (QED) is 0.769. The van der Waals surface area contributed by atoms with Crippen LogP contribution in [0.15, 0.2) is 16.7 Å². The zero-order valence-corrected chi connectivity index (χ0v) is 12.0. The largest absolute Gasteiger partial charge is 0.352 e. The molecular formula is C13H16BrClN2. The summed E-state index contributed by atoms with van der Waals surface area (Å²) >= 11 is 9.54. The second kappa shape index (κ2) is 4.77. The van der Waals surface area contributed by atoms with E-state index in [1.807, 2.05) is 6.07 Å². The van der Waals surface area contributed by atoms with Gasteiger partial charge in [0, 0.05) is 18.8 Å². The summed E-state index contributed by atoms with van der Waals surface area (Å²) in [6.07, 6.45) is 8.56. The number of anilines is 1. The first-order valence-electron chi connectivity index (χ1n) is 6.33. The van der Waals surface area contributed by atoms with E-state index < -0.39 is 0 Å². The fraction of sp³-hybridized carbons (Fsp3) is 0.615. The molecule has 2 fully saturated rings. The van der Waals surface area contributed by atoms with Crippen molar-refractivity contribution < 1.29 is 0 Å². The molecule has 3 rings (SSSR count). The molecule has 1 aromatic heterocycles. The highest BCUT2D eigenvalue weighted by atomic mass is 79.9. The Morgan fingerprint density at radius 2 is 2.12 bits per heavy atom. The summed E-state index contributed by atoms with van der Waals surface area (Å²) in [4.78, 5) is 6.97. The predicted octanol–water partition coefficient (Wildman–Crippen LogP) is 4.27. The van der Waals surface area contributed by atoms with Gasteiger partial charge in [-0.15, -0.1) is 0 Å².